The second kappa shape index (κ2) is 4.44. The summed E-state index contributed by atoms with van der Waals surface area (Å²) in [5.74, 6) is 0.321. The molecule has 0 aliphatic carbocycles. The minimum atomic E-state index is -0.545. The highest BCUT2D eigenvalue weighted by Gasteiger charge is 2.37. The molecule has 1 aliphatic heterocycles. The molecule has 2 rings (SSSR count). The van der Waals surface area contributed by atoms with Crippen molar-refractivity contribution in [2.75, 3.05) is 20.3 Å². The standard InChI is InChI=1S/C13H18O3/c1-4-13(15-7-8-16-13)12-6-5-11(14-3)9-10(12)2/h5-6,9H,4,7-8H2,1-3H3. The molecule has 0 aromatic heterocycles. The van der Waals surface area contributed by atoms with Gasteiger partial charge in [-0.05, 0) is 30.7 Å². The van der Waals surface area contributed by atoms with E-state index in [1.807, 2.05) is 18.2 Å². The Bertz CT molecular complexity index is 367. The topological polar surface area (TPSA) is 27.7 Å². The third-order valence-corrected chi connectivity index (χ3v) is 3.06. The number of rotatable bonds is 3. The van der Waals surface area contributed by atoms with Crippen molar-refractivity contribution in [3.8, 4) is 5.75 Å². The quantitative estimate of drug-likeness (QED) is 0.786. The van der Waals surface area contributed by atoms with Crippen molar-refractivity contribution in [3.05, 3.63) is 29.3 Å². The van der Waals surface area contributed by atoms with Crippen LogP contribution in [0.25, 0.3) is 0 Å². The molecule has 1 heterocycles. The Kier molecular flexibility index (Phi) is 3.17. The molecule has 3 heteroatoms. The van der Waals surface area contributed by atoms with Gasteiger partial charge in [0.2, 0.25) is 0 Å². The van der Waals surface area contributed by atoms with Crippen LogP contribution in [0.4, 0.5) is 0 Å². The molecule has 0 spiro atoms. The highest BCUT2D eigenvalue weighted by atomic mass is 16.7. The molecule has 1 aliphatic rings. The summed E-state index contributed by atoms with van der Waals surface area (Å²) < 4.78 is 16.7. The maximum atomic E-state index is 5.77. The van der Waals surface area contributed by atoms with Gasteiger partial charge in [0.05, 0.1) is 20.3 Å². The van der Waals surface area contributed by atoms with Crippen LogP contribution in [0.1, 0.15) is 24.5 Å². The van der Waals surface area contributed by atoms with Gasteiger partial charge in [-0.2, -0.15) is 0 Å². The Morgan fingerprint density at radius 3 is 2.50 bits per heavy atom. The molecule has 1 aromatic carbocycles. The van der Waals surface area contributed by atoms with Crippen LogP contribution in [0.3, 0.4) is 0 Å². The number of aryl methyl sites for hydroxylation is 1. The molecule has 0 amide bonds. The smallest absolute Gasteiger partial charge is 0.194 e. The van der Waals surface area contributed by atoms with Crippen molar-refractivity contribution in [2.24, 2.45) is 0 Å². The normalized spacial score (nSPS) is 18.7. The molecule has 1 aromatic rings. The molecule has 1 saturated heterocycles. The van der Waals surface area contributed by atoms with E-state index in [-0.39, 0.29) is 0 Å². The van der Waals surface area contributed by atoms with Gasteiger partial charge in [0.25, 0.3) is 0 Å². The van der Waals surface area contributed by atoms with Gasteiger partial charge in [0.1, 0.15) is 5.75 Å². The van der Waals surface area contributed by atoms with Crippen LogP contribution in [0, 0.1) is 6.92 Å². The van der Waals surface area contributed by atoms with Gasteiger partial charge in [-0.3, -0.25) is 0 Å². The minimum absolute atomic E-state index is 0.545. The Morgan fingerprint density at radius 2 is 2.00 bits per heavy atom. The van der Waals surface area contributed by atoms with E-state index in [0.29, 0.717) is 13.2 Å². The first-order valence-electron chi connectivity index (χ1n) is 5.65. The maximum Gasteiger partial charge on any atom is 0.194 e. The molecule has 88 valence electrons. The number of benzene rings is 1. The molecule has 0 unspecified atom stereocenters. The van der Waals surface area contributed by atoms with E-state index in [2.05, 4.69) is 13.8 Å². The van der Waals surface area contributed by atoms with Crippen LogP contribution in [0.5, 0.6) is 5.75 Å². The van der Waals surface area contributed by atoms with Gasteiger partial charge in [-0.15, -0.1) is 0 Å². The fourth-order valence-corrected chi connectivity index (χ4v) is 2.20. The fraction of sp³-hybridized carbons (Fsp3) is 0.538. The average Bonchev–Trinajstić information content (AvgIpc) is 2.78. The molecule has 1 fully saturated rings. The van der Waals surface area contributed by atoms with Crippen LogP contribution in [0.15, 0.2) is 18.2 Å². The Hall–Kier alpha value is -1.06. The first-order valence-corrected chi connectivity index (χ1v) is 5.65. The Balaban J connectivity index is 2.38. The van der Waals surface area contributed by atoms with Gasteiger partial charge in [0, 0.05) is 12.0 Å². The van der Waals surface area contributed by atoms with Crippen molar-refractivity contribution in [1.29, 1.82) is 0 Å². The van der Waals surface area contributed by atoms with Crippen LogP contribution in [-0.2, 0) is 15.3 Å². The zero-order chi connectivity index (χ0) is 11.6. The van der Waals surface area contributed by atoms with Gasteiger partial charge in [-0.1, -0.05) is 6.92 Å². The van der Waals surface area contributed by atoms with Crippen LogP contribution in [0.2, 0.25) is 0 Å². The van der Waals surface area contributed by atoms with E-state index in [0.717, 1.165) is 23.3 Å². The molecular formula is C13H18O3. The Morgan fingerprint density at radius 1 is 1.31 bits per heavy atom. The lowest BCUT2D eigenvalue weighted by Crippen LogP contribution is -2.27. The van der Waals surface area contributed by atoms with Crippen molar-refractivity contribution >= 4 is 0 Å². The van der Waals surface area contributed by atoms with E-state index in [4.69, 9.17) is 14.2 Å². The van der Waals surface area contributed by atoms with Crippen molar-refractivity contribution < 1.29 is 14.2 Å². The molecule has 0 bridgehead atoms. The average molecular weight is 222 g/mol. The van der Waals surface area contributed by atoms with Crippen molar-refractivity contribution in [2.45, 2.75) is 26.1 Å². The summed E-state index contributed by atoms with van der Waals surface area (Å²) in [5, 5.41) is 0. The predicted octanol–water partition coefficient (Wildman–Crippen LogP) is 2.61. The lowest BCUT2D eigenvalue weighted by Gasteiger charge is -2.28. The van der Waals surface area contributed by atoms with E-state index in [9.17, 15) is 0 Å². The van der Waals surface area contributed by atoms with Crippen LogP contribution < -0.4 is 4.74 Å². The summed E-state index contributed by atoms with van der Waals surface area (Å²) in [4.78, 5) is 0. The second-order valence-electron chi connectivity index (χ2n) is 3.98. The lowest BCUT2D eigenvalue weighted by molar-refractivity contribution is -0.167. The summed E-state index contributed by atoms with van der Waals surface area (Å²) in [7, 11) is 1.67. The monoisotopic (exact) mass is 222 g/mol. The second-order valence-corrected chi connectivity index (χ2v) is 3.98. The molecule has 0 atom stereocenters. The Labute approximate surface area is 96.3 Å². The third kappa shape index (κ3) is 1.81. The molecule has 3 nitrogen and oxygen atoms in total. The third-order valence-electron chi connectivity index (χ3n) is 3.06. The lowest BCUT2D eigenvalue weighted by atomic mass is 9.98. The van der Waals surface area contributed by atoms with Gasteiger partial charge < -0.3 is 14.2 Å². The fourth-order valence-electron chi connectivity index (χ4n) is 2.20. The predicted molar refractivity (Wildman–Crippen MR) is 61.6 cm³/mol. The van der Waals surface area contributed by atoms with Crippen LogP contribution >= 0.6 is 0 Å². The largest absolute Gasteiger partial charge is 0.497 e. The summed E-state index contributed by atoms with van der Waals surface area (Å²) in [6.45, 7) is 5.47. The molecule has 0 radical (unpaired) electrons. The first-order chi connectivity index (χ1) is 7.72. The zero-order valence-electron chi connectivity index (χ0n) is 10.1. The van der Waals surface area contributed by atoms with Gasteiger partial charge in [0.15, 0.2) is 5.79 Å². The highest BCUT2D eigenvalue weighted by molar-refractivity contribution is 5.37. The summed E-state index contributed by atoms with van der Waals surface area (Å²) in [6, 6.07) is 5.99. The summed E-state index contributed by atoms with van der Waals surface area (Å²) in [6.07, 6.45) is 0.820. The zero-order valence-corrected chi connectivity index (χ0v) is 10.1. The summed E-state index contributed by atoms with van der Waals surface area (Å²) >= 11 is 0. The van der Waals surface area contributed by atoms with Gasteiger partial charge >= 0.3 is 0 Å². The molecule has 16 heavy (non-hydrogen) atoms. The maximum absolute atomic E-state index is 5.77. The van der Waals surface area contributed by atoms with E-state index < -0.39 is 5.79 Å². The van der Waals surface area contributed by atoms with E-state index in [1.165, 1.54) is 0 Å². The van der Waals surface area contributed by atoms with Crippen molar-refractivity contribution in [3.63, 3.8) is 0 Å². The number of hydrogen-bond donors (Lipinski definition) is 0. The molecular weight excluding hydrogens is 204 g/mol. The number of ether oxygens (including phenoxy) is 3. The minimum Gasteiger partial charge on any atom is -0.497 e. The van der Waals surface area contributed by atoms with E-state index >= 15 is 0 Å². The molecule has 0 saturated carbocycles. The van der Waals surface area contributed by atoms with Gasteiger partial charge in [-0.25, -0.2) is 0 Å². The highest BCUT2D eigenvalue weighted by Crippen LogP contribution is 2.37. The molecule has 0 N–H and O–H groups in total. The van der Waals surface area contributed by atoms with Crippen molar-refractivity contribution in [1.82, 2.24) is 0 Å². The number of hydrogen-bond acceptors (Lipinski definition) is 3. The van der Waals surface area contributed by atoms with Crippen LogP contribution in [-0.4, -0.2) is 20.3 Å². The number of methoxy groups -OCH3 is 1. The first kappa shape index (κ1) is 11.4. The summed E-state index contributed by atoms with van der Waals surface area (Å²) in [5.41, 5.74) is 2.25. The van der Waals surface area contributed by atoms with E-state index in [1.54, 1.807) is 7.11 Å². The SMILES string of the molecule is CCC1(c2ccc(OC)cc2C)OCCO1.